The number of aromatic nitrogens is 2. The van der Waals surface area contributed by atoms with E-state index in [1.54, 1.807) is 4.68 Å². The third kappa shape index (κ3) is 3.43. The van der Waals surface area contributed by atoms with Crippen molar-refractivity contribution in [2.24, 2.45) is 13.0 Å². The Hall–Kier alpha value is -0.580. The van der Waals surface area contributed by atoms with Gasteiger partial charge in [0.25, 0.3) is 0 Å². The molecule has 0 amide bonds. The van der Waals surface area contributed by atoms with Crippen molar-refractivity contribution < 1.29 is 0 Å². The molecule has 1 aromatic heterocycles. The standard InChI is InChI=1S/C16H29ClN4/c1-7-11(2)14-9-21(16(4,5)10-18-14)8-13-12(3)19-20(6)15(13)17/h11,14,18H,7-10H2,1-6H3. The Morgan fingerprint density at radius 3 is 2.67 bits per heavy atom. The van der Waals surface area contributed by atoms with Crippen LogP contribution in [0.4, 0.5) is 0 Å². The molecule has 0 aliphatic carbocycles. The maximum absolute atomic E-state index is 6.41. The molecule has 0 saturated carbocycles. The van der Waals surface area contributed by atoms with Crippen LogP contribution in [0.2, 0.25) is 5.15 Å². The van der Waals surface area contributed by atoms with Crippen molar-refractivity contribution in [3.63, 3.8) is 0 Å². The zero-order chi connectivity index (χ0) is 15.8. The molecular weight excluding hydrogens is 284 g/mol. The third-order valence-electron chi connectivity index (χ3n) is 5.02. The molecule has 1 aliphatic rings. The van der Waals surface area contributed by atoms with E-state index in [1.165, 1.54) is 6.42 Å². The molecule has 1 fully saturated rings. The molecule has 1 aromatic rings. The molecule has 5 heteroatoms. The van der Waals surface area contributed by atoms with Gasteiger partial charge in [0.05, 0.1) is 5.69 Å². The second kappa shape index (κ2) is 6.27. The van der Waals surface area contributed by atoms with Crippen LogP contribution in [0, 0.1) is 12.8 Å². The lowest BCUT2D eigenvalue weighted by molar-refractivity contribution is 0.0447. The van der Waals surface area contributed by atoms with Gasteiger partial charge in [-0.1, -0.05) is 31.9 Å². The first-order valence-corrected chi connectivity index (χ1v) is 8.30. The van der Waals surface area contributed by atoms with E-state index in [2.05, 4.69) is 43.0 Å². The number of nitrogens with one attached hydrogen (secondary N) is 1. The van der Waals surface area contributed by atoms with E-state index in [4.69, 9.17) is 11.6 Å². The van der Waals surface area contributed by atoms with E-state index in [0.29, 0.717) is 12.0 Å². The normalized spacial score (nSPS) is 24.2. The molecule has 2 unspecified atom stereocenters. The minimum Gasteiger partial charge on any atom is -0.311 e. The van der Waals surface area contributed by atoms with E-state index in [-0.39, 0.29) is 5.54 Å². The fraction of sp³-hybridized carbons (Fsp3) is 0.812. The largest absolute Gasteiger partial charge is 0.311 e. The van der Waals surface area contributed by atoms with Gasteiger partial charge in [-0.3, -0.25) is 9.58 Å². The van der Waals surface area contributed by atoms with Gasteiger partial charge in [-0.05, 0) is 26.7 Å². The van der Waals surface area contributed by atoms with Gasteiger partial charge >= 0.3 is 0 Å². The van der Waals surface area contributed by atoms with Crippen LogP contribution in [0.15, 0.2) is 0 Å². The van der Waals surface area contributed by atoms with E-state index < -0.39 is 0 Å². The van der Waals surface area contributed by atoms with Gasteiger partial charge in [-0.15, -0.1) is 0 Å². The number of hydrogen-bond acceptors (Lipinski definition) is 3. The van der Waals surface area contributed by atoms with Crippen LogP contribution in [0.5, 0.6) is 0 Å². The number of piperazine rings is 1. The van der Waals surface area contributed by atoms with Gasteiger partial charge in [0, 0.05) is 43.8 Å². The summed E-state index contributed by atoms with van der Waals surface area (Å²) in [6, 6.07) is 0.554. The first-order chi connectivity index (χ1) is 9.76. The maximum atomic E-state index is 6.41. The summed E-state index contributed by atoms with van der Waals surface area (Å²) in [4.78, 5) is 2.55. The average molecular weight is 313 g/mol. The van der Waals surface area contributed by atoms with Gasteiger partial charge in [0.1, 0.15) is 5.15 Å². The second-order valence-corrected chi connectivity index (χ2v) is 7.40. The summed E-state index contributed by atoms with van der Waals surface area (Å²) in [5.74, 6) is 0.689. The lowest BCUT2D eigenvalue weighted by atomic mass is 9.90. The van der Waals surface area contributed by atoms with Crippen LogP contribution in [0.25, 0.3) is 0 Å². The molecule has 1 N–H and O–H groups in total. The summed E-state index contributed by atoms with van der Waals surface area (Å²) in [7, 11) is 1.91. The predicted octanol–water partition coefficient (Wildman–Crippen LogP) is 2.98. The second-order valence-electron chi connectivity index (χ2n) is 7.04. The van der Waals surface area contributed by atoms with Crippen LogP contribution < -0.4 is 5.32 Å². The molecule has 4 nitrogen and oxygen atoms in total. The molecular formula is C16H29ClN4. The molecule has 0 aromatic carbocycles. The molecule has 2 rings (SSSR count). The smallest absolute Gasteiger partial charge is 0.131 e. The van der Waals surface area contributed by atoms with Crippen molar-refractivity contribution in [1.29, 1.82) is 0 Å². The van der Waals surface area contributed by atoms with Crippen LogP contribution in [0.3, 0.4) is 0 Å². The molecule has 1 saturated heterocycles. The van der Waals surface area contributed by atoms with Crippen molar-refractivity contribution in [3.8, 4) is 0 Å². The molecule has 21 heavy (non-hydrogen) atoms. The number of aryl methyl sites for hydroxylation is 2. The van der Waals surface area contributed by atoms with Gasteiger partial charge < -0.3 is 5.32 Å². The lowest BCUT2D eigenvalue weighted by Crippen LogP contribution is -2.62. The van der Waals surface area contributed by atoms with Crippen LogP contribution in [0.1, 0.15) is 45.4 Å². The van der Waals surface area contributed by atoms with Crippen molar-refractivity contribution >= 4 is 11.6 Å². The fourth-order valence-corrected chi connectivity index (χ4v) is 3.26. The van der Waals surface area contributed by atoms with Crippen molar-refractivity contribution in [2.45, 2.75) is 59.2 Å². The Bertz CT molecular complexity index is 495. The van der Waals surface area contributed by atoms with E-state index in [9.17, 15) is 0 Å². The number of nitrogens with zero attached hydrogens (tertiary/aromatic N) is 3. The maximum Gasteiger partial charge on any atom is 0.131 e. The van der Waals surface area contributed by atoms with Gasteiger partial charge in [-0.2, -0.15) is 5.10 Å². The van der Waals surface area contributed by atoms with E-state index in [0.717, 1.165) is 36.0 Å². The topological polar surface area (TPSA) is 33.1 Å². The van der Waals surface area contributed by atoms with Gasteiger partial charge in [0.15, 0.2) is 0 Å². The summed E-state index contributed by atoms with van der Waals surface area (Å²) < 4.78 is 1.77. The molecule has 2 heterocycles. The molecule has 120 valence electrons. The Kier molecular flexibility index (Phi) is 5.01. The highest BCUT2D eigenvalue weighted by atomic mass is 35.5. The zero-order valence-corrected chi connectivity index (χ0v) is 15.0. The molecule has 1 aliphatic heterocycles. The minimum absolute atomic E-state index is 0.134. The molecule has 0 radical (unpaired) electrons. The monoisotopic (exact) mass is 312 g/mol. The van der Waals surface area contributed by atoms with Gasteiger partial charge in [-0.25, -0.2) is 0 Å². The molecule has 0 bridgehead atoms. The summed E-state index contributed by atoms with van der Waals surface area (Å²) in [6.07, 6.45) is 1.21. The lowest BCUT2D eigenvalue weighted by Gasteiger charge is -2.47. The number of halogens is 1. The highest BCUT2D eigenvalue weighted by Gasteiger charge is 2.36. The van der Waals surface area contributed by atoms with Crippen molar-refractivity contribution in [3.05, 3.63) is 16.4 Å². The number of hydrogen-bond donors (Lipinski definition) is 1. The summed E-state index contributed by atoms with van der Waals surface area (Å²) in [5, 5.41) is 8.92. The Morgan fingerprint density at radius 2 is 2.14 bits per heavy atom. The minimum atomic E-state index is 0.134. The Labute approximate surface area is 133 Å². The van der Waals surface area contributed by atoms with Crippen LogP contribution in [-0.4, -0.2) is 39.4 Å². The Balaban J connectivity index is 2.18. The summed E-state index contributed by atoms with van der Waals surface area (Å²) in [5.41, 5.74) is 2.34. The SMILES string of the molecule is CCC(C)C1CN(Cc2c(C)nn(C)c2Cl)C(C)(C)CN1. The molecule has 0 spiro atoms. The van der Waals surface area contributed by atoms with E-state index >= 15 is 0 Å². The highest BCUT2D eigenvalue weighted by Crippen LogP contribution is 2.28. The van der Waals surface area contributed by atoms with Gasteiger partial charge in [0.2, 0.25) is 0 Å². The van der Waals surface area contributed by atoms with Crippen LogP contribution >= 0.6 is 11.6 Å². The highest BCUT2D eigenvalue weighted by molar-refractivity contribution is 6.30. The fourth-order valence-electron chi connectivity index (χ4n) is 3.03. The van der Waals surface area contributed by atoms with Crippen molar-refractivity contribution in [1.82, 2.24) is 20.0 Å². The van der Waals surface area contributed by atoms with Crippen molar-refractivity contribution in [2.75, 3.05) is 13.1 Å². The third-order valence-corrected chi connectivity index (χ3v) is 5.49. The number of rotatable bonds is 4. The van der Waals surface area contributed by atoms with E-state index in [1.807, 2.05) is 14.0 Å². The average Bonchev–Trinajstić information content (AvgIpc) is 2.66. The first-order valence-electron chi connectivity index (χ1n) is 7.92. The predicted molar refractivity (Wildman–Crippen MR) is 88.7 cm³/mol. The Morgan fingerprint density at radius 1 is 1.48 bits per heavy atom. The van der Waals surface area contributed by atoms with Crippen LogP contribution in [-0.2, 0) is 13.6 Å². The summed E-state index contributed by atoms with van der Waals surface area (Å²) in [6.45, 7) is 14.2. The molecule has 2 atom stereocenters. The quantitative estimate of drug-likeness (QED) is 0.928. The zero-order valence-electron chi connectivity index (χ0n) is 14.2. The first kappa shape index (κ1) is 16.8. The summed E-state index contributed by atoms with van der Waals surface area (Å²) >= 11 is 6.41.